The van der Waals surface area contributed by atoms with E-state index >= 15 is 0 Å². The van der Waals surface area contributed by atoms with Crippen LogP contribution in [0.4, 0.5) is 24.5 Å². The van der Waals surface area contributed by atoms with Crippen LogP contribution >= 0.6 is 22.9 Å². The number of alkyl halides is 3. The molecule has 12 heteroatoms. The second-order valence-electron chi connectivity index (χ2n) is 10.4. The highest BCUT2D eigenvalue weighted by Crippen LogP contribution is 2.41. The van der Waals surface area contributed by atoms with Gasteiger partial charge in [0.2, 0.25) is 10.0 Å². The third-order valence-electron chi connectivity index (χ3n) is 6.48. The first-order valence-electron chi connectivity index (χ1n) is 12.5. The van der Waals surface area contributed by atoms with E-state index in [9.17, 15) is 21.6 Å². The van der Waals surface area contributed by atoms with E-state index in [1.54, 1.807) is 61.6 Å². The maximum absolute atomic E-state index is 13.2. The summed E-state index contributed by atoms with van der Waals surface area (Å²) in [6.45, 7) is 4.42. The molecule has 0 radical (unpaired) electrons. The van der Waals surface area contributed by atoms with Gasteiger partial charge in [0.05, 0.1) is 17.6 Å². The Morgan fingerprint density at radius 1 is 0.902 bits per heavy atom. The van der Waals surface area contributed by atoms with Crippen molar-refractivity contribution in [2.75, 3.05) is 37.8 Å². The van der Waals surface area contributed by atoms with Gasteiger partial charge in [0.15, 0.2) is 0 Å². The molecule has 0 bridgehead atoms. The second kappa shape index (κ2) is 11.7. The molecule has 0 aliphatic heterocycles. The van der Waals surface area contributed by atoms with Crippen molar-refractivity contribution in [1.82, 2.24) is 4.90 Å². The Morgan fingerprint density at radius 3 is 2.24 bits per heavy atom. The van der Waals surface area contributed by atoms with Crippen LogP contribution in [0.2, 0.25) is 5.02 Å². The zero-order valence-corrected chi connectivity index (χ0v) is 25.5. The number of fused-ring (bicyclic) bond motifs is 1. The average molecular weight is 627 g/mol. The predicted molar refractivity (Wildman–Crippen MR) is 160 cm³/mol. The predicted octanol–water partition coefficient (Wildman–Crippen LogP) is 7.82. The van der Waals surface area contributed by atoms with Gasteiger partial charge in [-0.3, -0.25) is 0 Å². The summed E-state index contributed by atoms with van der Waals surface area (Å²) in [7, 11) is -0.0940. The lowest BCUT2D eigenvalue weighted by Crippen LogP contribution is -2.26. The molecule has 0 spiro atoms. The lowest BCUT2D eigenvalue weighted by atomic mass is 9.78. The molecule has 0 fully saturated rings. The molecule has 0 atom stereocenters. The molecular weight excluding hydrogens is 597 g/mol. The first-order valence-corrected chi connectivity index (χ1v) is 15.6. The van der Waals surface area contributed by atoms with E-state index in [0.717, 1.165) is 16.3 Å². The number of nitrogens with zero attached hydrogens (tertiary/aromatic N) is 2. The van der Waals surface area contributed by atoms with Gasteiger partial charge in [0, 0.05) is 27.7 Å². The number of benzene rings is 3. The average Bonchev–Trinajstić information content (AvgIpc) is 3.29. The van der Waals surface area contributed by atoms with Crippen molar-refractivity contribution in [3.05, 3.63) is 82.2 Å². The van der Waals surface area contributed by atoms with E-state index in [1.807, 2.05) is 36.5 Å². The highest BCUT2D eigenvalue weighted by Gasteiger charge is 2.33. The molecule has 3 aromatic carbocycles. The van der Waals surface area contributed by atoms with Gasteiger partial charge in [0.1, 0.15) is 18.1 Å². The largest absolute Gasteiger partial charge is 0.573 e. The van der Waals surface area contributed by atoms with Gasteiger partial charge < -0.3 is 14.4 Å². The van der Waals surface area contributed by atoms with E-state index in [1.165, 1.54) is 16.4 Å². The molecule has 220 valence electrons. The van der Waals surface area contributed by atoms with Crippen LogP contribution in [0.1, 0.15) is 25.0 Å². The summed E-state index contributed by atoms with van der Waals surface area (Å²) >= 11 is 8.07. The summed E-state index contributed by atoms with van der Waals surface area (Å²) in [4.78, 5) is 1.89. The van der Waals surface area contributed by atoms with Crippen LogP contribution in [0.3, 0.4) is 0 Å². The highest BCUT2D eigenvalue weighted by molar-refractivity contribution is 7.92. The van der Waals surface area contributed by atoms with E-state index in [-0.39, 0.29) is 17.4 Å². The maximum atomic E-state index is 13.2. The topological polar surface area (TPSA) is 59.1 Å². The minimum absolute atomic E-state index is 0.209. The van der Waals surface area contributed by atoms with E-state index in [2.05, 4.69) is 4.74 Å². The number of sulfonamides is 1. The first-order chi connectivity index (χ1) is 19.0. The number of anilines is 2. The molecule has 1 aromatic heterocycles. The van der Waals surface area contributed by atoms with Crippen molar-refractivity contribution in [2.45, 2.75) is 25.6 Å². The Kier molecular flexibility index (Phi) is 8.84. The normalized spacial score (nSPS) is 12.6. The second-order valence-corrected chi connectivity index (χ2v) is 13.6. The minimum Gasteiger partial charge on any atom is -0.492 e. The summed E-state index contributed by atoms with van der Waals surface area (Å²) in [5, 5.41) is 3.09. The number of thiophene rings is 1. The number of halogens is 4. The third kappa shape index (κ3) is 7.65. The Morgan fingerprint density at radius 2 is 1.59 bits per heavy atom. The van der Waals surface area contributed by atoms with Crippen molar-refractivity contribution < 1.29 is 31.1 Å². The van der Waals surface area contributed by atoms with Crippen molar-refractivity contribution in [2.24, 2.45) is 0 Å². The zero-order valence-electron chi connectivity index (χ0n) is 23.1. The minimum atomic E-state index is -4.90. The van der Waals surface area contributed by atoms with Crippen LogP contribution in [0, 0.1) is 0 Å². The lowest BCUT2D eigenvalue weighted by molar-refractivity contribution is -0.274. The number of rotatable bonds is 10. The molecule has 0 aliphatic rings. The Balaban J connectivity index is 1.81. The first kappa shape index (κ1) is 31.0. The smallest absolute Gasteiger partial charge is 0.492 e. The summed E-state index contributed by atoms with van der Waals surface area (Å²) in [6.07, 6.45) is -3.79. The lowest BCUT2D eigenvalue weighted by Gasteiger charge is -2.30. The molecule has 41 heavy (non-hydrogen) atoms. The number of hydrogen-bond acceptors (Lipinski definition) is 6. The fraction of sp³-hybridized carbons (Fsp3) is 0.310. The number of hydrogen-bond donors (Lipinski definition) is 0. The Hall–Kier alpha value is -2.99. The fourth-order valence-electron chi connectivity index (χ4n) is 4.39. The van der Waals surface area contributed by atoms with Crippen molar-refractivity contribution in [3.8, 4) is 11.5 Å². The Labute approximate surface area is 246 Å². The number of likely N-dealkylation sites (N-methyl/N-ethyl adjacent to an activating group) is 1. The van der Waals surface area contributed by atoms with Crippen molar-refractivity contribution >= 4 is 54.4 Å². The monoisotopic (exact) mass is 626 g/mol. The van der Waals surface area contributed by atoms with E-state index in [0.29, 0.717) is 29.0 Å². The highest BCUT2D eigenvalue weighted by atomic mass is 35.5. The molecule has 0 amide bonds. The van der Waals surface area contributed by atoms with Crippen LogP contribution in [0.25, 0.3) is 10.1 Å². The molecule has 0 unspecified atom stereocenters. The van der Waals surface area contributed by atoms with Gasteiger partial charge in [-0.15, -0.1) is 24.5 Å². The van der Waals surface area contributed by atoms with E-state index in [4.69, 9.17) is 16.3 Å². The van der Waals surface area contributed by atoms with Gasteiger partial charge in [-0.25, -0.2) is 12.7 Å². The summed E-state index contributed by atoms with van der Waals surface area (Å²) in [5.74, 6) is -0.215. The SMILES string of the molecule is CN(C)CCOc1cc(OC(F)(F)F)cc(C(C)(C)c2cc(Cl)cc(N(c3ccc4sccc4c3)S(C)(=O)=O)c2)c1. The standard InChI is InChI=1S/C29H30ClF3N2O4S2/c1-28(2,21-15-25(38-10-9-34(3)4)18-26(16-21)39-29(31,32)33)20-13-22(30)17-24(14-20)35(41(5,36)37)23-6-7-27-19(12-23)8-11-40-27/h6-8,11-18H,9-10H2,1-5H3. The third-order valence-corrected chi connectivity index (χ3v) is 8.68. The van der Waals surface area contributed by atoms with Gasteiger partial charge >= 0.3 is 6.36 Å². The maximum Gasteiger partial charge on any atom is 0.573 e. The quantitative estimate of drug-likeness (QED) is 0.180. The molecule has 0 saturated heterocycles. The molecule has 4 rings (SSSR count). The summed E-state index contributed by atoms with van der Waals surface area (Å²) in [6, 6.07) is 16.3. The summed E-state index contributed by atoms with van der Waals surface area (Å²) in [5.41, 5.74) is 0.820. The van der Waals surface area contributed by atoms with Gasteiger partial charge in [-0.05, 0) is 90.6 Å². The van der Waals surface area contributed by atoms with Crippen LogP contribution in [0.15, 0.2) is 66.0 Å². The van der Waals surface area contributed by atoms with Crippen LogP contribution < -0.4 is 13.8 Å². The van der Waals surface area contributed by atoms with Gasteiger partial charge in [0.25, 0.3) is 0 Å². The molecule has 0 saturated carbocycles. The van der Waals surface area contributed by atoms with E-state index < -0.39 is 27.6 Å². The zero-order chi connectivity index (χ0) is 30.2. The van der Waals surface area contributed by atoms with Crippen LogP contribution in [0.5, 0.6) is 11.5 Å². The molecule has 0 N–H and O–H groups in total. The Bertz CT molecular complexity index is 1650. The molecule has 4 aromatic rings. The fourth-order valence-corrected chi connectivity index (χ4v) is 6.37. The van der Waals surface area contributed by atoms with Crippen molar-refractivity contribution in [3.63, 3.8) is 0 Å². The summed E-state index contributed by atoms with van der Waals surface area (Å²) < 4.78 is 77.9. The molecule has 6 nitrogen and oxygen atoms in total. The van der Waals surface area contributed by atoms with Crippen molar-refractivity contribution in [1.29, 1.82) is 0 Å². The molecule has 1 heterocycles. The number of ether oxygens (including phenoxy) is 2. The molecular formula is C29H30ClF3N2O4S2. The van der Waals surface area contributed by atoms with Crippen LogP contribution in [-0.4, -0.2) is 53.2 Å². The van der Waals surface area contributed by atoms with Gasteiger partial charge in [-0.1, -0.05) is 25.4 Å². The van der Waals surface area contributed by atoms with Crippen LogP contribution in [-0.2, 0) is 15.4 Å². The molecule has 0 aliphatic carbocycles. The van der Waals surface area contributed by atoms with Gasteiger partial charge in [-0.2, -0.15) is 0 Å².